The smallest absolute Gasteiger partial charge is 0.179 e. The van der Waals surface area contributed by atoms with Crippen molar-refractivity contribution in [3.05, 3.63) is 191 Å². The molecular weight excluding hydrogens is 1280 g/mol. The highest BCUT2D eigenvalue weighted by molar-refractivity contribution is 5.93. The second-order valence-corrected chi connectivity index (χ2v) is 31.0. The largest absolute Gasteiger partial charge is 0.509 e. The van der Waals surface area contributed by atoms with Crippen LogP contribution in [0.25, 0.3) is 0 Å². The van der Waals surface area contributed by atoms with Gasteiger partial charge >= 0.3 is 0 Å². The Morgan fingerprint density at radius 1 is 0.539 bits per heavy atom. The summed E-state index contributed by atoms with van der Waals surface area (Å²) in [6, 6.07) is 51.2. The minimum atomic E-state index is -0.207. The maximum atomic E-state index is 11.9. The number of aldehydes is 1. The fourth-order valence-electron chi connectivity index (χ4n) is 14.8. The quantitative estimate of drug-likeness (QED) is 0.0407. The Labute approximate surface area is 608 Å². The zero-order valence-corrected chi connectivity index (χ0v) is 61.0. The number of hydrogen-bond donors (Lipinski definition) is 5. The van der Waals surface area contributed by atoms with Gasteiger partial charge in [-0.25, -0.2) is 0 Å². The van der Waals surface area contributed by atoms with E-state index in [2.05, 4.69) is 98.1 Å². The van der Waals surface area contributed by atoms with Crippen LogP contribution < -0.4 is 10.6 Å². The Morgan fingerprint density at radius 2 is 1.01 bits per heavy atom. The molecule has 5 aromatic carbocycles. The number of rotatable bonds is 22. The van der Waals surface area contributed by atoms with Gasteiger partial charge in [-0.2, -0.15) is 0 Å². The van der Waals surface area contributed by atoms with Crippen LogP contribution in [0.5, 0.6) is 0 Å². The number of benzene rings is 5. The number of aliphatic hydroxyl groups is 3. The van der Waals surface area contributed by atoms with Crippen LogP contribution in [-0.2, 0) is 66.3 Å². The third-order valence-corrected chi connectivity index (χ3v) is 23.0. The molecule has 10 aliphatic rings. The fourth-order valence-corrected chi connectivity index (χ4v) is 14.8. The van der Waals surface area contributed by atoms with Gasteiger partial charge in [-0.1, -0.05) is 159 Å². The van der Waals surface area contributed by atoms with E-state index in [1.807, 2.05) is 83.8 Å². The zero-order valence-electron chi connectivity index (χ0n) is 61.0. The number of β-amino-alcohol motifs (C(OH)–C–C–N with tert-alkyl or cyclic N) is 2. The van der Waals surface area contributed by atoms with Gasteiger partial charge in [-0.05, 0) is 202 Å². The highest BCUT2D eigenvalue weighted by atomic mass is 16.3. The molecule has 5 aromatic rings. The molecule has 6 aliphatic carbocycles. The van der Waals surface area contributed by atoms with Crippen molar-refractivity contribution in [2.45, 2.75) is 203 Å². The minimum absolute atomic E-state index is 0. The SMILES string of the molecule is C.CC(=O)C1(CC=O)CC1.CC(=O)C1=C(O)C2(CCN1Cc1ccccc1)CC2.CC(=O)CN(CCC1(C(C)=O)CC1)Cc1ccccc1.CC(=O)CNCc1ccccc1.O=C1CN(Cc2ccccc2)CCC12CC2.O[C@@H]1CN(Cc2ccccc2)CCC12CC2.O[C@@H]1CNCCC12CC2. The molecule has 6 saturated carbocycles. The van der Waals surface area contributed by atoms with Crippen molar-refractivity contribution >= 4 is 41.0 Å². The maximum absolute atomic E-state index is 11.9. The van der Waals surface area contributed by atoms with E-state index in [-0.39, 0.29) is 64.4 Å². The summed E-state index contributed by atoms with van der Waals surface area (Å²) in [6.07, 6.45) is 19.6. The van der Waals surface area contributed by atoms with Crippen molar-refractivity contribution in [2.75, 3.05) is 65.4 Å². The number of carbonyl (C=O) groups is 7. The summed E-state index contributed by atoms with van der Waals surface area (Å²) in [6.45, 7) is 20.4. The molecule has 0 aromatic heterocycles. The lowest BCUT2D eigenvalue weighted by molar-refractivity contribution is -0.128. The Bertz CT molecular complexity index is 3530. The minimum Gasteiger partial charge on any atom is -0.509 e. The second kappa shape index (κ2) is 37.5. The van der Waals surface area contributed by atoms with E-state index in [1.54, 1.807) is 34.6 Å². The van der Waals surface area contributed by atoms with Gasteiger partial charge < -0.3 is 35.6 Å². The molecule has 15 rings (SSSR count). The van der Waals surface area contributed by atoms with E-state index < -0.39 is 0 Å². The zero-order chi connectivity index (χ0) is 72.1. The van der Waals surface area contributed by atoms with Gasteiger partial charge in [0.1, 0.15) is 40.9 Å². The third kappa shape index (κ3) is 23.9. The van der Waals surface area contributed by atoms with Gasteiger partial charge in [0.05, 0.1) is 31.8 Å². The number of allylic oxidation sites excluding steroid dienone is 2. The van der Waals surface area contributed by atoms with Crippen LogP contribution in [0.15, 0.2) is 163 Å². The number of piperidine rings is 3. The molecule has 16 heteroatoms. The first-order valence-electron chi connectivity index (χ1n) is 37.4. The molecule has 0 amide bonds. The Kier molecular flexibility index (Phi) is 29.6. The number of aliphatic hydroxyl groups excluding tert-OH is 3. The summed E-state index contributed by atoms with van der Waals surface area (Å²) in [5.74, 6) is 1.62. The number of likely N-dealkylation sites (tertiary alicyclic amines) is 2. The van der Waals surface area contributed by atoms with Crippen molar-refractivity contribution in [3.8, 4) is 0 Å². The summed E-state index contributed by atoms with van der Waals surface area (Å²) >= 11 is 0. The van der Waals surface area contributed by atoms with Gasteiger partial charge in [0.2, 0.25) is 0 Å². The molecule has 0 unspecified atom stereocenters. The summed E-state index contributed by atoms with van der Waals surface area (Å²) in [5, 5.41) is 36.2. The molecule has 4 aliphatic heterocycles. The normalized spacial score (nSPS) is 21.6. The van der Waals surface area contributed by atoms with Crippen molar-refractivity contribution < 1.29 is 48.9 Å². The van der Waals surface area contributed by atoms with Crippen LogP contribution >= 0.6 is 0 Å². The lowest BCUT2D eigenvalue weighted by Gasteiger charge is -2.36. The van der Waals surface area contributed by atoms with E-state index in [9.17, 15) is 48.9 Å². The summed E-state index contributed by atoms with van der Waals surface area (Å²) in [7, 11) is 0. The molecule has 5 N–H and O–H groups in total. The molecule has 4 spiro atoms. The molecule has 102 heavy (non-hydrogen) atoms. The average Bonchev–Trinajstić information content (AvgIpc) is 1.53. The molecule has 3 saturated heterocycles. The van der Waals surface area contributed by atoms with Gasteiger partial charge in [0.15, 0.2) is 11.6 Å². The maximum Gasteiger partial charge on any atom is 0.179 e. The van der Waals surface area contributed by atoms with Crippen LogP contribution in [0, 0.1) is 32.5 Å². The molecule has 0 bridgehead atoms. The number of ketones is 6. The first kappa shape index (κ1) is 80.5. The van der Waals surface area contributed by atoms with Gasteiger partial charge in [-0.3, -0.25) is 43.5 Å². The molecule has 2 atom stereocenters. The fraction of sp³-hybridized carbons (Fsp3) is 0.547. The van der Waals surface area contributed by atoms with Crippen molar-refractivity contribution in [2.24, 2.45) is 32.5 Å². The second-order valence-electron chi connectivity index (χ2n) is 31.0. The molecular formula is C86H118N6O10. The predicted octanol–water partition coefficient (Wildman–Crippen LogP) is 13.2. The van der Waals surface area contributed by atoms with Crippen molar-refractivity contribution in [1.82, 2.24) is 30.2 Å². The molecule has 0 radical (unpaired) electrons. The van der Waals surface area contributed by atoms with Crippen LogP contribution in [0.3, 0.4) is 0 Å². The highest BCUT2D eigenvalue weighted by Crippen LogP contribution is 2.58. The van der Waals surface area contributed by atoms with Crippen LogP contribution in [0.2, 0.25) is 0 Å². The molecule has 4 heterocycles. The lowest BCUT2D eigenvalue weighted by Crippen LogP contribution is -2.44. The van der Waals surface area contributed by atoms with Gasteiger partial charge in [0.25, 0.3) is 0 Å². The first-order chi connectivity index (χ1) is 48.5. The van der Waals surface area contributed by atoms with E-state index in [4.69, 9.17) is 0 Å². The standard InChI is InChI=1S/C17H23NO2.C16H19NO2.C14H19NO.C14H17NO.C10H13NO.C7H13NO.C7H10O2.CH4/c1-14(19)12-18(13-16-6-4-3-5-7-16)11-10-17(8-9-17)15(2)20;1-12(18)14-15(19)16(7-8-16)9-10-17(14)11-13-5-3-2-4-6-13;2*16-13-11-15(9-8-14(13)6-7-14)10-12-4-2-1-3-5-12;1-9(12)7-11-8-10-5-3-2-4-6-10;9-6-5-8-4-3-7(6)1-2-7;1-6(9)7(2-3-7)4-5-8;/h3-7H,8-13H2,1-2H3;2-6,19H,7-11H2,1H3;1-5,13,16H,6-11H2;1-5H,6-11H2;2-6,11H,7-8H2,1H3;6,8-9H,1-5H2;5H,2-4H2,1H3;1H4/t;;13-;;;6-;;/m..1..1../s1. The van der Waals surface area contributed by atoms with E-state index in [0.717, 1.165) is 149 Å². The lowest BCUT2D eigenvalue weighted by atomic mass is 9.90. The molecule has 9 fully saturated rings. The summed E-state index contributed by atoms with van der Waals surface area (Å²) in [4.78, 5) is 87.0. The van der Waals surface area contributed by atoms with Gasteiger partial charge in [0, 0.05) is 87.4 Å². The third-order valence-electron chi connectivity index (χ3n) is 23.0. The Morgan fingerprint density at radius 3 is 1.42 bits per heavy atom. The Hall–Kier alpha value is -7.15. The predicted molar refractivity (Wildman–Crippen MR) is 404 cm³/mol. The monoisotopic (exact) mass is 1390 g/mol. The van der Waals surface area contributed by atoms with E-state index >= 15 is 0 Å². The number of nitrogens with zero attached hydrogens (tertiary/aromatic N) is 4. The van der Waals surface area contributed by atoms with Crippen molar-refractivity contribution in [1.29, 1.82) is 0 Å². The van der Waals surface area contributed by atoms with Crippen LogP contribution in [0.1, 0.15) is 185 Å². The first-order valence-corrected chi connectivity index (χ1v) is 37.4. The van der Waals surface area contributed by atoms with Crippen LogP contribution in [-0.4, -0.2) is 154 Å². The molecule has 16 nitrogen and oxygen atoms in total. The number of nitrogens with one attached hydrogen (secondary N) is 2. The summed E-state index contributed by atoms with van der Waals surface area (Å²) < 4.78 is 0. The number of carbonyl (C=O) groups excluding carboxylic acids is 7. The Balaban J connectivity index is 0.000000153. The topological polar surface area (TPSA) is 217 Å². The van der Waals surface area contributed by atoms with E-state index in [1.165, 1.54) is 66.3 Å². The highest BCUT2D eigenvalue weighted by Gasteiger charge is 2.54. The average molecular weight is 1400 g/mol. The van der Waals surface area contributed by atoms with E-state index in [0.29, 0.717) is 66.5 Å². The van der Waals surface area contributed by atoms with Gasteiger partial charge in [-0.15, -0.1) is 0 Å². The summed E-state index contributed by atoms with van der Waals surface area (Å²) in [5.41, 5.74) is 7.27. The number of hydrogen-bond acceptors (Lipinski definition) is 16. The number of Topliss-reactive ketones (excluding diaryl/α,β-unsaturated/α-hetero) is 6. The van der Waals surface area contributed by atoms with Crippen molar-refractivity contribution in [3.63, 3.8) is 0 Å². The van der Waals surface area contributed by atoms with Crippen LogP contribution in [0.4, 0.5) is 0 Å². The molecule has 552 valence electrons.